The molecule has 2 amide bonds. The zero-order valence-corrected chi connectivity index (χ0v) is 25.9. The summed E-state index contributed by atoms with van der Waals surface area (Å²) in [6.45, 7) is 2.00. The first-order valence-corrected chi connectivity index (χ1v) is 16.7. The molecule has 5 aliphatic heterocycles. The van der Waals surface area contributed by atoms with Gasteiger partial charge in [0.05, 0.1) is 63.3 Å². The van der Waals surface area contributed by atoms with E-state index in [0.717, 1.165) is 23.5 Å². The molecule has 1 fully saturated rings. The maximum absolute atomic E-state index is 13.7. The number of benzene rings is 3. The van der Waals surface area contributed by atoms with E-state index in [-0.39, 0.29) is 34.8 Å². The molecule has 1 saturated heterocycles. The average molecular weight is 661 g/mol. The van der Waals surface area contributed by atoms with E-state index in [1.807, 2.05) is 24.3 Å². The molecule has 3 aromatic rings. The second-order valence-electron chi connectivity index (χ2n) is 10.1. The molecular formula is C30H20N4O6S4. The maximum Gasteiger partial charge on any atom is 0.282 e. The Balaban J connectivity index is 1.15. The van der Waals surface area contributed by atoms with Gasteiger partial charge >= 0.3 is 0 Å². The number of hydrogen-bond acceptors (Lipinski definition) is 12. The fraction of sp³-hybridized carbons (Fsp3) is 0.133. The predicted molar refractivity (Wildman–Crippen MR) is 171 cm³/mol. The van der Waals surface area contributed by atoms with Gasteiger partial charge in [-0.3, -0.25) is 9.59 Å². The van der Waals surface area contributed by atoms with Crippen LogP contribution >= 0.6 is 47.0 Å². The number of phenols is 2. The van der Waals surface area contributed by atoms with Gasteiger partial charge in [-0.05, 0) is 31.2 Å². The van der Waals surface area contributed by atoms with Crippen LogP contribution in [0.15, 0.2) is 110 Å². The molecular weight excluding hydrogens is 641 g/mol. The first kappa shape index (κ1) is 27.9. The number of phenolic OH excluding ortho intramolecular Hbond substituents is 2. The zero-order valence-electron chi connectivity index (χ0n) is 22.6. The molecule has 14 heteroatoms. The van der Waals surface area contributed by atoms with Crippen LogP contribution in [0.3, 0.4) is 0 Å². The summed E-state index contributed by atoms with van der Waals surface area (Å²) < 4.78 is 6.59. The van der Waals surface area contributed by atoms with Gasteiger partial charge in [0.15, 0.2) is 0 Å². The van der Waals surface area contributed by atoms with E-state index in [0.29, 0.717) is 57.3 Å². The highest BCUT2D eigenvalue weighted by atomic mass is 32.2. The molecule has 5 heterocycles. The lowest BCUT2D eigenvalue weighted by Crippen LogP contribution is -2.23. The van der Waals surface area contributed by atoms with Crippen molar-refractivity contribution in [2.75, 3.05) is 16.6 Å². The van der Waals surface area contributed by atoms with Gasteiger partial charge in [0.25, 0.3) is 11.8 Å². The topological polar surface area (TPSA) is 139 Å². The summed E-state index contributed by atoms with van der Waals surface area (Å²) in [6.07, 6.45) is -1.32. The van der Waals surface area contributed by atoms with Crippen LogP contribution in [-0.4, -0.2) is 57.4 Å². The van der Waals surface area contributed by atoms with Gasteiger partial charge in [-0.2, -0.15) is 20.2 Å². The van der Waals surface area contributed by atoms with Crippen molar-refractivity contribution in [3.05, 3.63) is 80.3 Å². The summed E-state index contributed by atoms with van der Waals surface area (Å²) in [5.41, 5.74) is 2.53. The second kappa shape index (κ2) is 10.5. The molecule has 3 aromatic carbocycles. The molecule has 5 aliphatic rings. The highest BCUT2D eigenvalue weighted by Crippen LogP contribution is 2.68. The maximum atomic E-state index is 13.7. The molecule has 3 N–H and O–H groups in total. The number of epoxide rings is 1. The lowest BCUT2D eigenvalue weighted by molar-refractivity contribution is -0.115. The van der Waals surface area contributed by atoms with Gasteiger partial charge in [-0.15, -0.1) is 0 Å². The van der Waals surface area contributed by atoms with Crippen molar-refractivity contribution in [1.29, 1.82) is 0 Å². The Hall–Kier alpha value is -3.66. The van der Waals surface area contributed by atoms with Crippen molar-refractivity contribution >= 4 is 81.7 Å². The minimum atomic E-state index is -1.03. The molecule has 2 unspecified atom stereocenters. The van der Waals surface area contributed by atoms with Gasteiger partial charge < -0.3 is 20.1 Å². The van der Waals surface area contributed by atoms with Gasteiger partial charge in [-0.1, -0.05) is 83.4 Å². The summed E-state index contributed by atoms with van der Waals surface area (Å²) in [5.74, 6) is -0.823. The van der Waals surface area contributed by atoms with E-state index < -0.39 is 12.0 Å². The van der Waals surface area contributed by atoms with E-state index in [2.05, 4.69) is 10.2 Å². The number of aromatic hydroxyl groups is 2. The summed E-state index contributed by atoms with van der Waals surface area (Å²) in [4.78, 5) is 28.9. The van der Waals surface area contributed by atoms with Crippen LogP contribution in [0, 0.1) is 0 Å². The summed E-state index contributed by atoms with van der Waals surface area (Å²) in [6, 6.07) is 18.0. The van der Waals surface area contributed by atoms with E-state index in [9.17, 15) is 24.9 Å². The number of carbonyl (C=O) groups is 2. The lowest BCUT2D eigenvalue weighted by atomic mass is 10.1. The number of ether oxygens (including phenoxy) is 1. The van der Waals surface area contributed by atoms with Gasteiger partial charge in [-0.25, -0.2) is 0 Å². The predicted octanol–water partition coefficient (Wildman–Crippen LogP) is 5.50. The number of para-hydroxylation sites is 2. The fourth-order valence-corrected chi connectivity index (χ4v) is 10.5. The molecule has 220 valence electrons. The SMILES string of the molecule is CC(O)C1=NN(c2ccccc2)C(=O)C1=C1Sc2c(O)c3c(c(O)c2S1)SC(=C1C(=O)N(c2ccccc2)N=C1C1CO1)S3. The van der Waals surface area contributed by atoms with Crippen molar-refractivity contribution < 1.29 is 29.6 Å². The molecule has 2 atom stereocenters. The molecule has 0 saturated carbocycles. The lowest BCUT2D eigenvalue weighted by Gasteiger charge is -2.11. The zero-order chi connectivity index (χ0) is 30.3. The minimum Gasteiger partial charge on any atom is -0.505 e. The highest BCUT2D eigenvalue weighted by Gasteiger charge is 2.46. The number of carbonyl (C=O) groups excluding carboxylic acids is 2. The molecule has 10 nitrogen and oxygen atoms in total. The van der Waals surface area contributed by atoms with Crippen LogP contribution in [0.4, 0.5) is 11.4 Å². The molecule has 0 radical (unpaired) electrons. The second-order valence-corrected chi connectivity index (χ2v) is 14.7. The smallest absolute Gasteiger partial charge is 0.282 e. The highest BCUT2D eigenvalue weighted by molar-refractivity contribution is 8.26. The number of amides is 2. The van der Waals surface area contributed by atoms with E-state index >= 15 is 0 Å². The number of anilines is 2. The van der Waals surface area contributed by atoms with Crippen LogP contribution < -0.4 is 10.0 Å². The first-order chi connectivity index (χ1) is 21.3. The number of thioether (sulfide) groups is 4. The Morgan fingerprint density at radius 2 is 1.18 bits per heavy atom. The van der Waals surface area contributed by atoms with E-state index in [1.54, 1.807) is 36.4 Å². The molecule has 0 bridgehead atoms. The number of aliphatic hydroxyl groups excluding tert-OH is 1. The largest absolute Gasteiger partial charge is 0.505 e. The summed E-state index contributed by atoms with van der Waals surface area (Å²) >= 11 is 4.69. The Labute approximate surface area is 267 Å². The minimum absolute atomic E-state index is 0.0542. The number of fused-ring (bicyclic) bond motifs is 2. The van der Waals surface area contributed by atoms with Gasteiger partial charge in [0.2, 0.25) is 0 Å². The molecule has 0 aliphatic carbocycles. The third kappa shape index (κ3) is 4.31. The Morgan fingerprint density at radius 1 is 0.750 bits per heavy atom. The summed E-state index contributed by atoms with van der Waals surface area (Å²) in [5, 5.41) is 45.1. The summed E-state index contributed by atoms with van der Waals surface area (Å²) in [7, 11) is 0. The molecule has 8 rings (SSSR count). The van der Waals surface area contributed by atoms with Gasteiger partial charge in [0.1, 0.15) is 29.0 Å². The van der Waals surface area contributed by atoms with Crippen molar-refractivity contribution in [1.82, 2.24) is 0 Å². The Kier molecular flexibility index (Phi) is 6.63. The van der Waals surface area contributed by atoms with Crippen LogP contribution in [0.25, 0.3) is 0 Å². The third-order valence-corrected chi connectivity index (χ3v) is 12.5. The number of aliphatic hydroxyl groups is 1. The van der Waals surface area contributed by atoms with Gasteiger partial charge in [0, 0.05) is 0 Å². The van der Waals surface area contributed by atoms with E-state index in [4.69, 9.17) is 4.74 Å². The van der Waals surface area contributed by atoms with Crippen LogP contribution in [0.2, 0.25) is 0 Å². The number of nitrogens with zero attached hydrogens (tertiary/aromatic N) is 4. The quantitative estimate of drug-likeness (QED) is 0.187. The van der Waals surface area contributed by atoms with Crippen LogP contribution in [-0.2, 0) is 14.3 Å². The van der Waals surface area contributed by atoms with Crippen LogP contribution in [0.1, 0.15) is 6.92 Å². The Morgan fingerprint density at radius 3 is 1.64 bits per heavy atom. The van der Waals surface area contributed by atoms with Crippen molar-refractivity contribution in [3.63, 3.8) is 0 Å². The molecule has 0 spiro atoms. The fourth-order valence-electron chi connectivity index (χ4n) is 5.06. The molecule has 44 heavy (non-hydrogen) atoms. The standard InChI is InChI=1S/C30H20N4O6S4/c1-13(35)19-17(27(38)33(31-19)14-8-4-2-5-9-14)29-41-23-21(36)25-26(22(37)24(23)42-29)44-30(43-25)18-20(16-12-40-16)32-34(28(18)39)15-10-6-3-7-11-15/h2-11,13,16,35-37H,12H2,1H3. The Bertz CT molecular complexity index is 1750. The number of hydrazone groups is 2. The van der Waals surface area contributed by atoms with Crippen molar-refractivity contribution in [2.45, 2.75) is 38.7 Å². The van der Waals surface area contributed by atoms with Crippen molar-refractivity contribution in [2.24, 2.45) is 10.2 Å². The number of hydrogen-bond donors (Lipinski definition) is 3. The normalized spacial score (nSPS) is 21.3. The average Bonchev–Trinajstić information content (AvgIpc) is 3.34. The third-order valence-electron chi connectivity index (χ3n) is 7.24. The van der Waals surface area contributed by atoms with E-state index in [1.165, 1.54) is 40.5 Å². The molecule has 0 aromatic heterocycles. The van der Waals surface area contributed by atoms with Crippen LogP contribution in [0.5, 0.6) is 11.5 Å². The number of rotatable bonds is 4. The monoisotopic (exact) mass is 660 g/mol. The first-order valence-electron chi connectivity index (χ1n) is 13.4. The van der Waals surface area contributed by atoms with Crippen molar-refractivity contribution in [3.8, 4) is 11.5 Å².